The number of rotatable bonds is 7. The molecular weight excluding hydrogens is 708 g/mol. The highest BCUT2D eigenvalue weighted by atomic mass is 79.9. The molecule has 3 nitrogen and oxygen atoms in total. The van der Waals surface area contributed by atoms with Crippen molar-refractivity contribution in [1.29, 1.82) is 0 Å². The monoisotopic (exact) mass is 748 g/mol. The molecule has 1 aliphatic rings. The molecular formula is C42H42Br2N2O. The third-order valence-corrected chi connectivity index (χ3v) is 9.88. The van der Waals surface area contributed by atoms with Crippen LogP contribution < -0.4 is 0 Å². The van der Waals surface area contributed by atoms with E-state index in [1.54, 1.807) is 0 Å². The zero-order valence-electron chi connectivity index (χ0n) is 28.5. The summed E-state index contributed by atoms with van der Waals surface area (Å²) in [5, 5.41) is 0. The van der Waals surface area contributed by atoms with Crippen molar-refractivity contribution in [2.45, 2.75) is 79.1 Å². The first-order valence-electron chi connectivity index (χ1n) is 16.6. The van der Waals surface area contributed by atoms with Gasteiger partial charge >= 0.3 is 0 Å². The molecule has 0 saturated carbocycles. The van der Waals surface area contributed by atoms with Crippen molar-refractivity contribution in [3.05, 3.63) is 127 Å². The van der Waals surface area contributed by atoms with Gasteiger partial charge in [-0.15, -0.1) is 0 Å². The SMILES string of the molecule is CC(C)c1cc(Br)cc(C(C)C)c1N=C1C(=Nc2c(C(C)C)cc(Br)cc2C(C)C)c2c(-c3ccccc3)coc2-c2ccccc21. The lowest BCUT2D eigenvalue weighted by atomic mass is 9.83. The van der Waals surface area contributed by atoms with Gasteiger partial charge in [0.1, 0.15) is 11.5 Å². The van der Waals surface area contributed by atoms with Crippen molar-refractivity contribution in [3.8, 4) is 22.5 Å². The van der Waals surface area contributed by atoms with Gasteiger partial charge in [-0.3, -0.25) is 0 Å². The highest BCUT2D eigenvalue weighted by Gasteiger charge is 2.34. The molecule has 0 fully saturated rings. The van der Waals surface area contributed by atoms with Crippen LogP contribution in [0.3, 0.4) is 0 Å². The molecule has 0 N–H and O–H groups in total. The highest BCUT2D eigenvalue weighted by Crippen LogP contribution is 2.46. The highest BCUT2D eigenvalue weighted by molar-refractivity contribution is 9.10. The van der Waals surface area contributed by atoms with E-state index in [0.717, 1.165) is 65.3 Å². The topological polar surface area (TPSA) is 37.9 Å². The quantitative estimate of drug-likeness (QED) is 0.163. The van der Waals surface area contributed by atoms with Gasteiger partial charge in [0.25, 0.3) is 0 Å². The summed E-state index contributed by atoms with van der Waals surface area (Å²) in [5.41, 5.74) is 13.7. The number of hydrogen-bond acceptors (Lipinski definition) is 3. The van der Waals surface area contributed by atoms with Crippen molar-refractivity contribution in [2.75, 3.05) is 0 Å². The zero-order chi connectivity index (χ0) is 33.6. The van der Waals surface area contributed by atoms with E-state index in [1.165, 1.54) is 22.3 Å². The van der Waals surface area contributed by atoms with Gasteiger partial charge in [-0.05, 0) is 75.8 Å². The summed E-state index contributed by atoms with van der Waals surface area (Å²) in [6.07, 6.45) is 1.89. The number of fused-ring (bicyclic) bond motifs is 3. The van der Waals surface area contributed by atoms with Crippen LogP contribution >= 0.6 is 31.9 Å². The first-order valence-corrected chi connectivity index (χ1v) is 18.2. The minimum Gasteiger partial charge on any atom is -0.463 e. The van der Waals surface area contributed by atoms with E-state index in [4.69, 9.17) is 14.4 Å². The van der Waals surface area contributed by atoms with Gasteiger partial charge in [0.2, 0.25) is 0 Å². The van der Waals surface area contributed by atoms with Crippen LogP contribution in [0.15, 0.2) is 108 Å². The molecule has 1 aliphatic carbocycles. The van der Waals surface area contributed by atoms with Crippen molar-refractivity contribution in [1.82, 2.24) is 0 Å². The Bertz CT molecular complexity index is 1940. The first-order chi connectivity index (χ1) is 22.5. The third-order valence-electron chi connectivity index (χ3n) is 8.97. The van der Waals surface area contributed by atoms with Crippen molar-refractivity contribution >= 4 is 54.7 Å². The summed E-state index contributed by atoms with van der Waals surface area (Å²) >= 11 is 7.61. The number of furan rings is 1. The molecule has 0 aliphatic heterocycles. The van der Waals surface area contributed by atoms with Crippen LogP contribution in [0, 0.1) is 0 Å². The second-order valence-electron chi connectivity index (χ2n) is 13.7. The molecule has 5 aromatic rings. The van der Waals surface area contributed by atoms with Gasteiger partial charge in [-0.2, -0.15) is 0 Å². The second kappa shape index (κ2) is 13.5. The van der Waals surface area contributed by atoms with Gasteiger partial charge in [-0.1, -0.05) is 142 Å². The molecule has 0 bridgehead atoms. The van der Waals surface area contributed by atoms with E-state index in [9.17, 15) is 0 Å². The Morgan fingerprint density at radius 1 is 0.511 bits per heavy atom. The Balaban J connectivity index is 1.79. The van der Waals surface area contributed by atoms with E-state index in [-0.39, 0.29) is 23.7 Å². The van der Waals surface area contributed by atoms with E-state index in [1.807, 2.05) is 12.3 Å². The molecule has 1 heterocycles. The van der Waals surface area contributed by atoms with Crippen LogP contribution in [0.5, 0.6) is 0 Å². The zero-order valence-corrected chi connectivity index (χ0v) is 31.6. The van der Waals surface area contributed by atoms with Gasteiger partial charge in [0.15, 0.2) is 0 Å². The smallest absolute Gasteiger partial charge is 0.144 e. The number of nitrogens with zero attached hydrogens (tertiary/aromatic N) is 2. The van der Waals surface area contributed by atoms with Crippen LogP contribution in [0.1, 0.15) is 112 Å². The number of hydrogen-bond donors (Lipinski definition) is 0. The normalized spacial score (nSPS) is 14.6. The van der Waals surface area contributed by atoms with Gasteiger partial charge in [0, 0.05) is 25.6 Å². The Labute approximate surface area is 296 Å². The maximum atomic E-state index is 6.50. The summed E-state index contributed by atoms with van der Waals surface area (Å²) in [7, 11) is 0. The predicted octanol–water partition coefficient (Wildman–Crippen LogP) is 13.9. The summed E-state index contributed by atoms with van der Waals surface area (Å²) in [4.78, 5) is 11.5. The molecule has 47 heavy (non-hydrogen) atoms. The lowest BCUT2D eigenvalue weighted by Crippen LogP contribution is -2.23. The molecule has 1 aromatic heterocycles. The summed E-state index contributed by atoms with van der Waals surface area (Å²) in [6, 6.07) is 27.8. The van der Waals surface area contributed by atoms with Crippen molar-refractivity contribution < 1.29 is 4.42 Å². The molecule has 0 amide bonds. The largest absolute Gasteiger partial charge is 0.463 e. The molecule has 0 unspecified atom stereocenters. The minimum absolute atomic E-state index is 0.268. The van der Waals surface area contributed by atoms with Crippen LogP contribution in [-0.2, 0) is 0 Å². The Morgan fingerprint density at radius 2 is 0.936 bits per heavy atom. The molecule has 240 valence electrons. The van der Waals surface area contributed by atoms with Crippen LogP contribution in [0.2, 0.25) is 0 Å². The standard InChI is InChI=1S/C42H42Br2N2O/c1-23(2)32-18-28(43)19-33(24(3)4)38(32)45-40-30-16-12-13-17-31(30)42-37(36(22-47-42)27-14-10-9-11-15-27)41(40)46-39-34(25(5)6)20-29(44)21-35(39)26(7)8/h9-26H,1-8H3. The Morgan fingerprint density at radius 3 is 1.40 bits per heavy atom. The maximum Gasteiger partial charge on any atom is 0.144 e. The summed E-state index contributed by atoms with van der Waals surface area (Å²) in [5.74, 6) is 1.92. The number of halogens is 2. The van der Waals surface area contributed by atoms with Gasteiger partial charge < -0.3 is 4.42 Å². The van der Waals surface area contributed by atoms with Gasteiger partial charge in [-0.25, -0.2) is 9.98 Å². The predicted molar refractivity (Wildman–Crippen MR) is 207 cm³/mol. The van der Waals surface area contributed by atoms with Crippen LogP contribution in [0.25, 0.3) is 22.5 Å². The first kappa shape index (κ1) is 33.4. The van der Waals surface area contributed by atoms with Crippen LogP contribution in [-0.4, -0.2) is 11.4 Å². The van der Waals surface area contributed by atoms with E-state index >= 15 is 0 Å². The second-order valence-corrected chi connectivity index (χ2v) is 15.5. The third kappa shape index (κ3) is 6.37. The molecule has 0 spiro atoms. The van der Waals surface area contributed by atoms with E-state index in [2.05, 4.69) is 160 Å². The van der Waals surface area contributed by atoms with Gasteiger partial charge in [0.05, 0.1) is 28.9 Å². The molecule has 0 atom stereocenters. The number of aliphatic imine (C=N–C) groups is 2. The van der Waals surface area contributed by atoms with E-state index < -0.39 is 0 Å². The molecule has 4 aromatic carbocycles. The average molecular weight is 751 g/mol. The minimum atomic E-state index is 0.268. The maximum absolute atomic E-state index is 6.50. The summed E-state index contributed by atoms with van der Waals surface area (Å²) < 4.78 is 8.65. The molecule has 5 heteroatoms. The lowest BCUT2D eigenvalue weighted by molar-refractivity contribution is 0.582. The summed E-state index contributed by atoms with van der Waals surface area (Å²) in [6.45, 7) is 17.9. The Hall–Kier alpha value is -3.54. The fourth-order valence-corrected chi connectivity index (χ4v) is 7.49. The Kier molecular flexibility index (Phi) is 9.60. The molecule has 6 rings (SSSR count). The van der Waals surface area contributed by atoms with Crippen LogP contribution in [0.4, 0.5) is 11.4 Å². The van der Waals surface area contributed by atoms with E-state index in [0.29, 0.717) is 0 Å². The molecule has 0 radical (unpaired) electrons. The van der Waals surface area contributed by atoms with Crippen molar-refractivity contribution in [2.24, 2.45) is 9.98 Å². The molecule has 0 saturated heterocycles. The number of benzene rings is 4. The lowest BCUT2D eigenvalue weighted by Gasteiger charge is -2.25. The fraction of sp³-hybridized carbons (Fsp3) is 0.286. The average Bonchev–Trinajstić information content (AvgIpc) is 3.49. The van der Waals surface area contributed by atoms with Crippen molar-refractivity contribution in [3.63, 3.8) is 0 Å². The fourth-order valence-electron chi connectivity index (χ4n) is 6.50.